The Morgan fingerprint density at radius 3 is 2.91 bits per heavy atom. The van der Waals surface area contributed by atoms with Crippen LogP contribution in [0.2, 0.25) is 0 Å². The van der Waals surface area contributed by atoms with Crippen molar-refractivity contribution in [1.29, 1.82) is 0 Å². The number of H-pyrrole nitrogens is 1. The summed E-state index contributed by atoms with van der Waals surface area (Å²) >= 11 is 0. The molecule has 0 spiro atoms. The van der Waals surface area contributed by atoms with Crippen molar-refractivity contribution in [3.63, 3.8) is 0 Å². The number of aromatic nitrogens is 2. The van der Waals surface area contributed by atoms with E-state index >= 15 is 0 Å². The maximum absolute atomic E-state index is 9.32. The first-order valence-corrected chi connectivity index (χ1v) is 8.75. The van der Waals surface area contributed by atoms with Gasteiger partial charge in [0.05, 0.1) is 0 Å². The standard InChI is InChI=1S/C17H32N4O/c1-4-5-6-17-18-11-15(19-17)12-20-8-9-21(14(2)3)16(13-20)7-10-22/h11,14,16,22H,4-10,12-13H2,1-3H3,(H,18,19)/t16-/m0/s1. The van der Waals surface area contributed by atoms with Crippen LogP contribution < -0.4 is 0 Å². The fourth-order valence-corrected chi connectivity index (χ4v) is 3.36. The van der Waals surface area contributed by atoms with Crippen molar-refractivity contribution < 1.29 is 5.11 Å². The number of aliphatic hydroxyl groups is 1. The van der Waals surface area contributed by atoms with Crippen molar-refractivity contribution in [2.45, 2.75) is 65.1 Å². The van der Waals surface area contributed by atoms with Gasteiger partial charge in [0.1, 0.15) is 5.82 Å². The van der Waals surface area contributed by atoms with E-state index < -0.39 is 0 Å². The first kappa shape index (κ1) is 17.4. The number of aryl methyl sites for hydroxylation is 1. The molecule has 2 heterocycles. The average molecular weight is 308 g/mol. The molecule has 2 N–H and O–H groups in total. The van der Waals surface area contributed by atoms with Gasteiger partial charge in [0.15, 0.2) is 0 Å². The molecule has 0 amide bonds. The molecule has 1 aliphatic heterocycles. The molecule has 1 saturated heterocycles. The number of hydrogen-bond donors (Lipinski definition) is 2. The summed E-state index contributed by atoms with van der Waals surface area (Å²) in [5.41, 5.74) is 1.21. The van der Waals surface area contributed by atoms with Crippen molar-refractivity contribution in [2.24, 2.45) is 0 Å². The number of nitrogens with zero attached hydrogens (tertiary/aromatic N) is 3. The molecule has 1 aromatic rings. The number of aromatic amines is 1. The lowest BCUT2D eigenvalue weighted by atomic mass is 10.1. The van der Waals surface area contributed by atoms with Crippen LogP contribution in [0.1, 0.15) is 51.6 Å². The minimum atomic E-state index is 0.271. The van der Waals surface area contributed by atoms with Crippen LogP contribution in [0, 0.1) is 0 Å². The molecular weight excluding hydrogens is 276 g/mol. The largest absolute Gasteiger partial charge is 0.396 e. The zero-order valence-corrected chi connectivity index (χ0v) is 14.4. The normalized spacial score (nSPS) is 20.9. The predicted molar refractivity (Wildman–Crippen MR) is 89.8 cm³/mol. The van der Waals surface area contributed by atoms with E-state index in [0.717, 1.165) is 44.8 Å². The molecule has 0 radical (unpaired) electrons. The summed E-state index contributed by atoms with van der Waals surface area (Å²) < 4.78 is 0. The highest BCUT2D eigenvalue weighted by atomic mass is 16.3. The van der Waals surface area contributed by atoms with E-state index in [0.29, 0.717) is 12.1 Å². The van der Waals surface area contributed by atoms with Crippen LogP contribution in [-0.2, 0) is 13.0 Å². The van der Waals surface area contributed by atoms with Crippen LogP contribution in [0.3, 0.4) is 0 Å². The van der Waals surface area contributed by atoms with Crippen molar-refractivity contribution in [3.8, 4) is 0 Å². The van der Waals surface area contributed by atoms with Crippen LogP contribution in [0.5, 0.6) is 0 Å². The molecule has 1 fully saturated rings. The molecule has 0 bridgehead atoms. The molecule has 1 atom stereocenters. The van der Waals surface area contributed by atoms with Crippen LogP contribution in [0.25, 0.3) is 0 Å². The second-order valence-electron chi connectivity index (χ2n) is 6.69. The van der Waals surface area contributed by atoms with Gasteiger partial charge in [-0.05, 0) is 26.7 Å². The molecule has 0 unspecified atom stereocenters. The predicted octanol–water partition coefficient (Wildman–Crippen LogP) is 2.03. The molecule has 5 nitrogen and oxygen atoms in total. The van der Waals surface area contributed by atoms with Gasteiger partial charge in [-0.1, -0.05) is 13.3 Å². The van der Waals surface area contributed by atoms with Crippen LogP contribution >= 0.6 is 0 Å². The topological polar surface area (TPSA) is 55.4 Å². The van der Waals surface area contributed by atoms with Gasteiger partial charge in [-0.3, -0.25) is 9.80 Å². The summed E-state index contributed by atoms with van der Waals surface area (Å²) in [5, 5.41) is 9.32. The van der Waals surface area contributed by atoms with Crippen molar-refractivity contribution in [2.75, 3.05) is 26.2 Å². The van der Waals surface area contributed by atoms with Crippen LogP contribution in [0.15, 0.2) is 6.20 Å². The van der Waals surface area contributed by atoms with Gasteiger partial charge in [0.2, 0.25) is 0 Å². The number of rotatable bonds is 8. The van der Waals surface area contributed by atoms with E-state index in [4.69, 9.17) is 0 Å². The van der Waals surface area contributed by atoms with Crippen molar-refractivity contribution in [3.05, 3.63) is 17.7 Å². The number of hydrogen-bond acceptors (Lipinski definition) is 4. The molecule has 1 aliphatic rings. The molecule has 2 rings (SSSR count). The molecule has 1 aromatic heterocycles. The quantitative estimate of drug-likeness (QED) is 0.771. The number of aliphatic hydroxyl groups excluding tert-OH is 1. The Labute approximate surface area is 134 Å². The van der Waals surface area contributed by atoms with Gasteiger partial charge in [-0.2, -0.15) is 0 Å². The maximum atomic E-state index is 9.32. The lowest BCUT2D eigenvalue weighted by molar-refractivity contribution is 0.0344. The summed E-state index contributed by atoms with van der Waals surface area (Å²) in [5.74, 6) is 1.12. The molecule has 5 heteroatoms. The molecule has 22 heavy (non-hydrogen) atoms. The molecule has 126 valence electrons. The van der Waals surface area contributed by atoms with Gasteiger partial charge in [0, 0.05) is 63.2 Å². The fourth-order valence-electron chi connectivity index (χ4n) is 3.36. The summed E-state index contributed by atoms with van der Waals surface area (Å²) in [6.07, 6.45) is 6.29. The third kappa shape index (κ3) is 4.80. The monoisotopic (exact) mass is 308 g/mol. The highest BCUT2D eigenvalue weighted by Crippen LogP contribution is 2.17. The van der Waals surface area contributed by atoms with E-state index in [1.54, 1.807) is 0 Å². The second kappa shape index (κ2) is 8.65. The summed E-state index contributed by atoms with van der Waals surface area (Å²) in [7, 11) is 0. The highest BCUT2D eigenvalue weighted by Gasteiger charge is 2.28. The number of piperazine rings is 1. The highest BCUT2D eigenvalue weighted by molar-refractivity contribution is 5.02. The third-order valence-electron chi connectivity index (χ3n) is 4.58. The minimum Gasteiger partial charge on any atom is -0.396 e. The van der Waals surface area contributed by atoms with Crippen molar-refractivity contribution >= 4 is 0 Å². The zero-order valence-electron chi connectivity index (χ0n) is 14.4. The van der Waals surface area contributed by atoms with Gasteiger partial charge in [0.25, 0.3) is 0 Å². The summed E-state index contributed by atoms with van der Waals surface area (Å²) in [4.78, 5) is 12.9. The molecule has 0 saturated carbocycles. The Balaban J connectivity index is 1.89. The van der Waals surface area contributed by atoms with E-state index in [9.17, 15) is 5.11 Å². The Bertz CT molecular complexity index is 432. The zero-order chi connectivity index (χ0) is 15.9. The van der Waals surface area contributed by atoms with E-state index in [2.05, 4.69) is 40.5 Å². The number of nitrogens with one attached hydrogen (secondary N) is 1. The Morgan fingerprint density at radius 1 is 1.41 bits per heavy atom. The van der Waals surface area contributed by atoms with Gasteiger partial charge in [-0.15, -0.1) is 0 Å². The SMILES string of the molecule is CCCCc1ncc(CN2CCN(C(C)C)[C@@H](CCO)C2)[nH]1. The first-order chi connectivity index (χ1) is 10.6. The van der Waals surface area contributed by atoms with Crippen molar-refractivity contribution in [1.82, 2.24) is 19.8 Å². The fraction of sp³-hybridized carbons (Fsp3) is 0.824. The lowest BCUT2D eigenvalue weighted by Gasteiger charge is -2.43. The number of unbranched alkanes of at least 4 members (excludes halogenated alkanes) is 1. The van der Waals surface area contributed by atoms with E-state index in [1.807, 2.05) is 6.20 Å². The Kier molecular flexibility index (Phi) is 6.86. The minimum absolute atomic E-state index is 0.271. The van der Waals surface area contributed by atoms with Crippen LogP contribution in [0.4, 0.5) is 0 Å². The van der Waals surface area contributed by atoms with Crippen LogP contribution in [-0.4, -0.2) is 63.2 Å². The Morgan fingerprint density at radius 2 is 2.23 bits per heavy atom. The lowest BCUT2D eigenvalue weighted by Crippen LogP contribution is -2.55. The van der Waals surface area contributed by atoms with E-state index in [-0.39, 0.29) is 6.61 Å². The summed E-state index contributed by atoms with van der Waals surface area (Å²) in [6, 6.07) is 1.01. The molecule has 0 aromatic carbocycles. The molecule has 0 aliphatic carbocycles. The summed E-state index contributed by atoms with van der Waals surface area (Å²) in [6.45, 7) is 11.1. The van der Waals surface area contributed by atoms with Gasteiger partial charge < -0.3 is 10.1 Å². The van der Waals surface area contributed by atoms with Gasteiger partial charge in [-0.25, -0.2) is 4.98 Å². The average Bonchev–Trinajstić information content (AvgIpc) is 2.93. The smallest absolute Gasteiger partial charge is 0.106 e. The maximum Gasteiger partial charge on any atom is 0.106 e. The van der Waals surface area contributed by atoms with Gasteiger partial charge >= 0.3 is 0 Å². The number of imidazole rings is 1. The first-order valence-electron chi connectivity index (χ1n) is 8.75. The molecular formula is C17H32N4O. The Hall–Kier alpha value is -0.910. The van der Waals surface area contributed by atoms with E-state index in [1.165, 1.54) is 18.5 Å². The third-order valence-corrected chi connectivity index (χ3v) is 4.58. The second-order valence-corrected chi connectivity index (χ2v) is 6.69.